The summed E-state index contributed by atoms with van der Waals surface area (Å²) in [6.07, 6.45) is 1.07. The molecule has 3 aromatic carbocycles. The molecule has 0 aliphatic rings. The first-order chi connectivity index (χ1) is 15.5. The summed E-state index contributed by atoms with van der Waals surface area (Å²) in [7, 11) is 0. The highest BCUT2D eigenvalue weighted by Gasteiger charge is 2.13. The van der Waals surface area contributed by atoms with Gasteiger partial charge in [-0.3, -0.25) is 4.79 Å². The van der Waals surface area contributed by atoms with Crippen molar-refractivity contribution in [3.8, 4) is 17.2 Å². The molecule has 0 saturated heterocycles. The monoisotopic (exact) mass is 448 g/mol. The highest BCUT2D eigenvalue weighted by atomic mass is 35.5. The molecule has 0 aliphatic carbocycles. The fourth-order valence-electron chi connectivity index (χ4n) is 3.46. The Morgan fingerprint density at radius 3 is 2.72 bits per heavy atom. The van der Waals surface area contributed by atoms with Crippen LogP contribution in [0.3, 0.4) is 0 Å². The molecule has 0 spiro atoms. The van der Waals surface area contributed by atoms with Crippen LogP contribution in [0.1, 0.15) is 49.0 Å². The SMILES string of the molecule is CCOc1ccc(C(=O)Nc2cccc(-c3nc4cc(C(C)CC)ccc4o3)c2)cc1Cl. The molecule has 1 amide bonds. The molecule has 0 fully saturated rings. The second-order valence-electron chi connectivity index (χ2n) is 7.67. The van der Waals surface area contributed by atoms with E-state index in [0.29, 0.717) is 40.4 Å². The summed E-state index contributed by atoms with van der Waals surface area (Å²) in [6.45, 7) is 6.76. The van der Waals surface area contributed by atoms with Gasteiger partial charge < -0.3 is 14.5 Å². The number of nitrogens with zero attached hydrogens (tertiary/aromatic N) is 1. The summed E-state index contributed by atoms with van der Waals surface area (Å²) in [6, 6.07) is 18.5. The molecule has 0 aliphatic heterocycles. The van der Waals surface area contributed by atoms with Crippen molar-refractivity contribution >= 4 is 34.3 Å². The van der Waals surface area contributed by atoms with Gasteiger partial charge in [0.2, 0.25) is 5.89 Å². The summed E-state index contributed by atoms with van der Waals surface area (Å²) in [5.74, 6) is 1.28. The van der Waals surface area contributed by atoms with Gasteiger partial charge in [0.25, 0.3) is 5.91 Å². The number of oxazole rings is 1. The van der Waals surface area contributed by atoms with Crippen LogP contribution in [0.15, 0.2) is 65.1 Å². The number of ether oxygens (including phenoxy) is 1. The Balaban J connectivity index is 1.56. The fraction of sp³-hybridized carbons (Fsp3) is 0.231. The lowest BCUT2D eigenvalue weighted by Gasteiger charge is -2.09. The molecule has 1 N–H and O–H groups in total. The Bertz CT molecular complexity index is 1270. The van der Waals surface area contributed by atoms with E-state index < -0.39 is 0 Å². The molecule has 1 atom stereocenters. The zero-order valence-electron chi connectivity index (χ0n) is 18.3. The number of halogens is 1. The van der Waals surface area contributed by atoms with E-state index in [9.17, 15) is 4.79 Å². The molecule has 6 heteroatoms. The highest BCUT2D eigenvalue weighted by Crippen LogP contribution is 2.30. The number of hydrogen-bond donors (Lipinski definition) is 1. The van der Waals surface area contributed by atoms with Crippen LogP contribution >= 0.6 is 11.6 Å². The van der Waals surface area contributed by atoms with Crippen molar-refractivity contribution in [1.82, 2.24) is 4.98 Å². The minimum atomic E-state index is -0.261. The zero-order chi connectivity index (χ0) is 22.7. The second kappa shape index (κ2) is 9.45. The number of aromatic nitrogens is 1. The van der Waals surface area contributed by atoms with Gasteiger partial charge in [0.05, 0.1) is 11.6 Å². The van der Waals surface area contributed by atoms with Crippen molar-refractivity contribution in [2.24, 2.45) is 0 Å². The molecular formula is C26H25ClN2O3. The third-order valence-corrected chi connectivity index (χ3v) is 5.75. The number of benzene rings is 3. The first-order valence-corrected chi connectivity index (χ1v) is 11.1. The molecular weight excluding hydrogens is 424 g/mol. The fourth-order valence-corrected chi connectivity index (χ4v) is 3.69. The third kappa shape index (κ3) is 4.63. The van der Waals surface area contributed by atoms with Gasteiger partial charge in [0.1, 0.15) is 11.3 Å². The first-order valence-electron chi connectivity index (χ1n) is 10.7. The molecule has 164 valence electrons. The lowest BCUT2D eigenvalue weighted by molar-refractivity contribution is 0.102. The van der Waals surface area contributed by atoms with Gasteiger partial charge in [-0.15, -0.1) is 0 Å². The molecule has 1 unspecified atom stereocenters. The minimum Gasteiger partial charge on any atom is -0.492 e. The van der Waals surface area contributed by atoms with Crippen LogP contribution in [0, 0.1) is 0 Å². The third-order valence-electron chi connectivity index (χ3n) is 5.45. The lowest BCUT2D eigenvalue weighted by Crippen LogP contribution is -2.12. The van der Waals surface area contributed by atoms with Gasteiger partial charge >= 0.3 is 0 Å². The van der Waals surface area contributed by atoms with E-state index in [1.807, 2.05) is 37.3 Å². The number of anilines is 1. The molecule has 4 aromatic rings. The van der Waals surface area contributed by atoms with Crippen LogP contribution in [0.4, 0.5) is 5.69 Å². The largest absolute Gasteiger partial charge is 0.492 e. The number of fused-ring (bicyclic) bond motifs is 1. The van der Waals surface area contributed by atoms with E-state index in [1.54, 1.807) is 18.2 Å². The Morgan fingerprint density at radius 2 is 1.97 bits per heavy atom. The van der Waals surface area contributed by atoms with Crippen molar-refractivity contribution in [2.75, 3.05) is 11.9 Å². The van der Waals surface area contributed by atoms with E-state index in [4.69, 9.17) is 20.8 Å². The molecule has 0 saturated carbocycles. The van der Waals surface area contributed by atoms with Crippen molar-refractivity contribution < 1.29 is 13.9 Å². The Hall–Kier alpha value is -3.31. The van der Waals surface area contributed by atoms with Crippen molar-refractivity contribution in [1.29, 1.82) is 0 Å². The van der Waals surface area contributed by atoms with Crippen molar-refractivity contribution in [3.63, 3.8) is 0 Å². The van der Waals surface area contributed by atoms with Crippen LogP contribution < -0.4 is 10.1 Å². The lowest BCUT2D eigenvalue weighted by atomic mass is 9.98. The molecule has 1 aromatic heterocycles. The molecule has 4 rings (SSSR count). The minimum absolute atomic E-state index is 0.261. The first kappa shape index (κ1) is 21.9. The van der Waals surface area contributed by atoms with Crippen LogP contribution in [-0.2, 0) is 0 Å². The highest BCUT2D eigenvalue weighted by molar-refractivity contribution is 6.32. The van der Waals surface area contributed by atoms with Crippen molar-refractivity contribution in [2.45, 2.75) is 33.1 Å². The van der Waals surface area contributed by atoms with Crippen LogP contribution in [0.25, 0.3) is 22.6 Å². The molecule has 1 heterocycles. The van der Waals surface area contributed by atoms with Gasteiger partial charge in [0.15, 0.2) is 5.58 Å². The predicted octanol–water partition coefficient (Wildman–Crippen LogP) is 7.31. The number of carbonyl (C=O) groups is 1. The summed E-state index contributed by atoms with van der Waals surface area (Å²) in [5, 5.41) is 3.30. The molecule has 5 nitrogen and oxygen atoms in total. The quantitative estimate of drug-likeness (QED) is 0.322. The molecule has 0 radical (unpaired) electrons. The Labute approximate surface area is 192 Å². The van der Waals surface area contributed by atoms with Crippen LogP contribution in [-0.4, -0.2) is 17.5 Å². The number of hydrogen-bond acceptors (Lipinski definition) is 4. The van der Waals surface area contributed by atoms with E-state index in [-0.39, 0.29) is 5.91 Å². The van der Waals surface area contributed by atoms with E-state index in [2.05, 4.69) is 36.3 Å². The van der Waals surface area contributed by atoms with Gasteiger partial charge in [0, 0.05) is 16.8 Å². The van der Waals surface area contributed by atoms with E-state index in [0.717, 1.165) is 23.1 Å². The smallest absolute Gasteiger partial charge is 0.255 e. The zero-order valence-corrected chi connectivity index (χ0v) is 19.1. The maximum absolute atomic E-state index is 12.7. The predicted molar refractivity (Wildman–Crippen MR) is 129 cm³/mol. The normalized spacial score (nSPS) is 12.0. The summed E-state index contributed by atoms with van der Waals surface area (Å²) in [5.41, 5.74) is 4.69. The number of carbonyl (C=O) groups excluding carboxylic acids is 1. The molecule has 32 heavy (non-hydrogen) atoms. The standard InChI is InChI=1S/C26H25ClN2O3/c1-4-16(3)17-9-12-24-22(15-17)29-26(32-24)19-7-6-8-20(13-19)28-25(30)18-10-11-23(31-5-2)21(27)14-18/h6-16H,4-5H2,1-3H3,(H,28,30). The summed E-state index contributed by atoms with van der Waals surface area (Å²) in [4.78, 5) is 17.4. The van der Waals surface area contributed by atoms with Crippen LogP contribution in [0.5, 0.6) is 5.75 Å². The summed E-state index contributed by atoms with van der Waals surface area (Å²) >= 11 is 6.21. The Morgan fingerprint density at radius 1 is 1.12 bits per heavy atom. The van der Waals surface area contributed by atoms with E-state index >= 15 is 0 Å². The van der Waals surface area contributed by atoms with Gasteiger partial charge in [-0.25, -0.2) is 4.98 Å². The van der Waals surface area contributed by atoms with Crippen molar-refractivity contribution in [3.05, 3.63) is 76.8 Å². The van der Waals surface area contributed by atoms with Crippen LogP contribution in [0.2, 0.25) is 5.02 Å². The Kier molecular flexibility index (Phi) is 6.47. The average molecular weight is 449 g/mol. The summed E-state index contributed by atoms with van der Waals surface area (Å²) < 4.78 is 11.4. The topological polar surface area (TPSA) is 64.4 Å². The second-order valence-corrected chi connectivity index (χ2v) is 8.08. The average Bonchev–Trinajstić information content (AvgIpc) is 3.23. The number of nitrogens with one attached hydrogen (secondary N) is 1. The van der Waals surface area contributed by atoms with Gasteiger partial charge in [-0.05, 0) is 73.4 Å². The maximum Gasteiger partial charge on any atom is 0.255 e. The van der Waals surface area contributed by atoms with E-state index in [1.165, 1.54) is 5.56 Å². The molecule has 0 bridgehead atoms. The maximum atomic E-state index is 12.7. The van der Waals surface area contributed by atoms with Gasteiger partial charge in [-0.1, -0.05) is 37.6 Å². The number of amides is 1. The van der Waals surface area contributed by atoms with Gasteiger partial charge in [-0.2, -0.15) is 0 Å². The number of rotatable bonds is 7.